The number of aromatic nitrogens is 3. The maximum Gasteiger partial charge on any atom is 0.271 e. The summed E-state index contributed by atoms with van der Waals surface area (Å²) < 4.78 is 29.4. The number of fused-ring (bicyclic) bond motifs is 2. The molecule has 2 aliphatic rings. The van der Waals surface area contributed by atoms with Crippen molar-refractivity contribution in [2.45, 2.75) is 31.7 Å². The average Bonchev–Trinajstić information content (AvgIpc) is 3.50. The number of amides is 2. The molecule has 0 radical (unpaired) electrons. The van der Waals surface area contributed by atoms with Crippen molar-refractivity contribution in [3.05, 3.63) is 114 Å². The number of ketones is 1. The van der Waals surface area contributed by atoms with Crippen molar-refractivity contribution in [1.29, 1.82) is 0 Å². The van der Waals surface area contributed by atoms with Gasteiger partial charge in [0.15, 0.2) is 12.1 Å². The molecule has 0 bridgehead atoms. The smallest absolute Gasteiger partial charge is 0.271 e. The number of nitrogens with one attached hydrogen (secondary N) is 1. The van der Waals surface area contributed by atoms with Crippen molar-refractivity contribution >= 4 is 40.9 Å². The Kier molecular flexibility index (Phi) is 7.44. The van der Waals surface area contributed by atoms with Crippen LogP contribution in [0.4, 0.5) is 20.2 Å². The summed E-state index contributed by atoms with van der Waals surface area (Å²) in [6.07, 6.45) is 6.67. The number of hydrogen-bond donors (Lipinski definition) is 1. The van der Waals surface area contributed by atoms with Crippen LogP contribution in [0.2, 0.25) is 0 Å². The Morgan fingerprint density at radius 3 is 2.52 bits per heavy atom. The van der Waals surface area contributed by atoms with Crippen molar-refractivity contribution in [2.24, 2.45) is 11.8 Å². The van der Waals surface area contributed by atoms with E-state index in [0.717, 1.165) is 12.4 Å². The zero-order valence-corrected chi connectivity index (χ0v) is 24.4. The van der Waals surface area contributed by atoms with E-state index >= 15 is 0 Å². The summed E-state index contributed by atoms with van der Waals surface area (Å²) in [4.78, 5) is 62.1. The molecule has 1 saturated carbocycles. The van der Waals surface area contributed by atoms with Gasteiger partial charge in [-0.15, -0.1) is 0 Å². The molecule has 5 aromatic rings. The highest BCUT2D eigenvalue weighted by molar-refractivity contribution is 6.24. The maximum atomic E-state index is 14.4. The molecular formula is C35H27F2N5O4. The second-order valence-electron chi connectivity index (χ2n) is 11.6. The highest BCUT2D eigenvalue weighted by atomic mass is 19.1. The molecular weight excluding hydrogens is 592 g/mol. The minimum atomic E-state index is -1.05. The lowest BCUT2D eigenvalue weighted by Crippen LogP contribution is -2.47. The van der Waals surface area contributed by atoms with Crippen LogP contribution in [0.15, 0.2) is 85.3 Å². The molecule has 0 spiro atoms. The molecule has 0 saturated heterocycles. The predicted molar refractivity (Wildman–Crippen MR) is 165 cm³/mol. The van der Waals surface area contributed by atoms with Crippen LogP contribution in [0.5, 0.6) is 0 Å². The Bertz CT molecular complexity index is 2030. The molecule has 7 rings (SSSR count). The van der Waals surface area contributed by atoms with Gasteiger partial charge in [0.05, 0.1) is 11.9 Å². The fourth-order valence-corrected chi connectivity index (χ4v) is 6.62. The highest BCUT2D eigenvalue weighted by Crippen LogP contribution is 2.43. The third kappa shape index (κ3) is 5.23. The van der Waals surface area contributed by atoms with Crippen LogP contribution >= 0.6 is 0 Å². The Morgan fingerprint density at radius 1 is 0.913 bits per heavy atom. The van der Waals surface area contributed by atoms with Gasteiger partial charge in [-0.3, -0.25) is 24.1 Å². The Morgan fingerprint density at radius 2 is 1.72 bits per heavy atom. The van der Waals surface area contributed by atoms with Gasteiger partial charge in [-0.2, -0.15) is 4.39 Å². The summed E-state index contributed by atoms with van der Waals surface area (Å²) in [6.45, 7) is 0. The molecule has 2 amide bonds. The normalized spacial score (nSPS) is 19.6. The second kappa shape index (κ2) is 11.7. The number of pyridine rings is 2. The number of aldehydes is 1. The number of imidazole rings is 1. The lowest BCUT2D eigenvalue weighted by atomic mass is 9.73. The number of carbonyl (C=O) groups is 4. The van der Waals surface area contributed by atoms with Gasteiger partial charge < -0.3 is 9.72 Å². The van der Waals surface area contributed by atoms with Crippen LogP contribution in [-0.2, 0) is 4.79 Å². The summed E-state index contributed by atoms with van der Waals surface area (Å²) in [7, 11) is 0. The molecule has 4 heterocycles. The SMILES string of the molecule is O=Cc1ccccc1-c1cccc(N2C(=O)C(C3CCC(NC(=O)c4cn5cc(F)ccc5n4)CC3)C(=O)c3cc(F)ncc32)c1. The third-order valence-electron chi connectivity index (χ3n) is 8.85. The number of halogens is 2. The number of hydrogen-bond acceptors (Lipinski definition) is 6. The molecule has 1 atom stereocenters. The molecule has 9 nitrogen and oxygen atoms in total. The number of benzene rings is 2. The standard InChI is InChI=1S/C35H27F2N5O4/c36-23-10-13-31-40-28(18-41(31)17-23)34(45)39-24-11-8-20(9-12-24)32-33(44)27-15-30(37)38-16-29(27)42(35(32)46)25-6-3-5-21(14-25)26-7-2-1-4-22(26)19-43/h1-7,10,13-20,24,32H,8-9,11-12H2,(H,39,45). The van der Waals surface area contributed by atoms with Crippen LogP contribution in [0.3, 0.4) is 0 Å². The number of Topliss-reactive ketones (excluding diaryl/α,β-unsaturated/α-hetero) is 1. The number of nitrogens with zero attached hydrogens (tertiary/aromatic N) is 4. The van der Waals surface area contributed by atoms with Crippen molar-refractivity contribution in [1.82, 2.24) is 19.7 Å². The monoisotopic (exact) mass is 619 g/mol. The minimum absolute atomic E-state index is 0.0782. The van der Waals surface area contributed by atoms with Gasteiger partial charge in [-0.1, -0.05) is 36.4 Å². The van der Waals surface area contributed by atoms with Crippen LogP contribution in [-0.4, -0.2) is 44.3 Å². The Labute approximate surface area is 261 Å². The van der Waals surface area contributed by atoms with Gasteiger partial charge in [0, 0.05) is 41.3 Å². The van der Waals surface area contributed by atoms with Crippen molar-refractivity contribution in [2.75, 3.05) is 4.90 Å². The van der Waals surface area contributed by atoms with Crippen molar-refractivity contribution in [3.63, 3.8) is 0 Å². The average molecular weight is 620 g/mol. The molecule has 1 N–H and O–H groups in total. The van der Waals surface area contributed by atoms with Gasteiger partial charge in [0.2, 0.25) is 11.9 Å². The van der Waals surface area contributed by atoms with E-state index in [1.165, 1.54) is 40.0 Å². The van der Waals surface area contributed by atoms with Gasteiger partial charge >= 0.3 is 0 Å². The number of rotatable bonds is 6. The molecule has 230 valence electrons. The first kappa shape index (κ1) is 29.1. The lowest BCUT2D eigenvalue weighted by Gasteiger charge is -2.39. The molecule has 1 fully saturated rings. The quantitative estimate of drug-likeness (QED) is 0.143. The van der Waals surface area contributed by atoms with E-state index in [4.69, 9.17) is 0 Å². The highest BCUT2D eigenvalue weighted by Gasteiger charge is 2.45. The second-order valence-corrected chi connectivity index (χ2v) is 11.6. The summed E-state index contributed by atoms with van der Waals surface area (Å²) >= 11 is 0. The van der Waals surface area contributed by atoms with Gasteiger partial charge in [-0.05, 0) is 67.0 Å². The van der Waals surface area contributed by atoms with Gasteiger partial charge in [-0.25, -0.2) is 14.4 Å². The lowest BCUT2D eigenvalue weighted by molar-refractivity contribution is -0.122. The van der Waals surface area contributed by atoms with E-state index in [2.05, 4.69) is 15.3 Å². The topological polar surface area (TPSA) is 114 Å². The van der Waals surface area contributed by atoms with E-state index in [-0.39, 0.29) is 28.9 Å². The van der Waals surface area contributed by atoms with Crippen LogP contribution in [0.1, 0.15) is 56.9 Å². The van der Waals surface area contributed by atoms with E-state index in [0.29, 0.717) is 53.7 Å². The fraction of sp³-hybridized carbons (Fsp3) is 0.200. The number of carbonyl (C=O) groups excluding carboxylic acids is 4. The van der Waals surface area contributed by atoms with Crippen LogP contribution in [0, 0.1) is 23.6 Å². The summed E-state index contributed by atoms with van der Waals surface area (Å²) in [5.41, 5.74) is 3.21. The van der Waals surface area contributed by atoms with Gasteiger partial charge in [0.25, 0.3) is 5.91 Å². The van der Waals surface area contributed by atoms with E-state index < -0.39 is 35.3 Å². The first-order valence-corrected chi connectivity index (χ1v) is 14.9. The summed E-state index contributed by atoms with van der Waals surface area (Å²) in [5.74, 6) is -3.94. The largest absolute Gasteiger partial charge is 0.348 e. The van der Waals surface area contributed by atoms with Crippen LogP contribution < -0.4 is 10.2 Å². The van der Waals surface area contributed by atoms with Crippen LogP contribution in [0.25, 0.3) is 16.8 Å². The maximum absolute atomic E-state index is 14.4. The van der Waals surface area contributed by atoms with E-state index in [9.17, 15) is 28.0 Å². The molecule has 3 aromatic heterocycles. The molecule has 1 aliphatic carbocycles. The van der Waals surface area contributed by atoms with E-state index in [1.807, 2.05) is 18.2 Å². The van der Waals surface area contributed by atoms with Crippen molar-refractivity contribution < 1.29 is 28.0 Å². The van der Waals surface area contributed by atoms with Gasteiger partial charge in [0.1, 0.15) is 23.1 Å². The first-order valence-electron chi connectivity index (χ1n) is 14.9. The molecule has 2 aromatic carbocycles. The number of anilines is 2. The van der Waals surface area contributed by atoms with E-state index in [1.54, 1.807) is 30.3 Å². The zero-order valence-electron chi connectivity index (χ0n) is 24.4. The predicted octanol–water partition coefficient (Wildman–Crippen LogP) is 5.95. The Balaban J connectivity index is 1.13. The first-order chi connectivity index (χ1) is 22.3. The molecule has 1 aliphatic heterocycles. The summed E-state index contributed by atoms with van der Waals surface area (Å²) in [6, 6.07) is 17.8. The third-order valence-corrected chi connectivity index (χ3v) is 8.85. The fourth-order valence-electron chi connectivity index (χ4n) is 6.62. The Hall–Kier alpha value is -5.58. The molecule has 11 heteroatoms. The zero-order chi connectivity index (χ0) is 31.9. The molecule has 1 unspecified atom stereocenters. The van der Waals surface area contributed by atoms with Crippen molar-refractivity contribution in [3.8, 4) is 11.1 Å². The molecule has 46 heavy (non-hydrogen) atoms. The summed E-state index contributed by atoms with van der Waals surface area (Å²) in [5, 5.41) is 2.97. The minimum Gasteiger partial charge on any atom is -0.348 e.